The van der Waals surface area contributed by atoms with Crippen LogP contribution >= 0.6 is 0 Å². The van der Waals surface area contributed by atoms with Gasteiger partial charge in [0.15, 0.2) is 0 Å². The predicted molar refractivity (Wildman–Crippen MR) is 70.3 cm³/mol. The summed E-state index contributed by atoms with van der Waals surface area (Å²) >= 11 is 0. The SMILES string of the molecule is O=C(O)[C@@H]1C[C@H](O)CN1C(=O)NC1CCN2CCCC12. The van der Waals surface area contributed by atoms with Crippen molar-refractivity contribution in [2.45, 2.75) is 49.9 Å². The number of carboxylic acid groups (broad SMARTS) is 1. The third kappa shape index (κ3) is 2.35. The Kier molecular flexibility index (Phi) is 3.55. The number of carbonyl (C=O) groups is 2. The second-order valence-electron chi connectivity index (χ2n) is 5.99. The lowest BCUT2D eigenvalue weighted by molar-refractivity contribution is -0.141. The summed E-state index contributed by atoms with van der Waals surface area (Å²) in [5.41, 5.74) is 0. The Labute approximate surface area is 117 Å². The molecule has 0 aromatic rings. The fourth-order valence-corrected chi connectivity index (χ4v) is 3.76. The molecule has 0 radical (unpaired) electrons. The second-order valence-corrected chi connectivity index (χ2v) is 5.99. The van der Waals surface area contributed by atoms with Crippen LogP contribution in [0.4, 0.5) is 4.79 Å². The van der Waals surface area contributed by atoms with E-state index in [4.69, 9.17) is 5.11 Å². The Morgan fingerprint density at radius 3 is 2.75 bits per heavy atom. The van der Waals surface area contributed by atoms with E-state index in [1.54, 1.807) is 0 Å². The van der Waals surface area contributed by atoms with E-state index in [0.29, 0.717) is 6.04 Å². The molecule has 3 heterocycles. The summed E-state index contributed by atoms with van der Waals surface area (Å²) in [6.07, 6.45) is 2.55. The predicted octanol–water partition coefficient (Wildman–Crippen LogP) is -0.547. The Morgan fingerprint density at radius 1 is 1.20 bits per heavy atom. The minimum atomic E-state index is -1.05. The van der Waals surface area contributed by atoms with Gasteiger partial charge in [0.2, 0.25) is 0 Å². The van der Waals surface area contributed by atoms with Crippen LogP contribution in [0.3, 0.4) is 0 Å². The van der Waals surface area contributed by atoms with Crippen molar-refractivity contribution in [1.82, 2.24) is 15.1 Å². The topological polar surface area (TPSA) is 93.1 Å². The number of β-amino-alcohol motifs (C(OH)–C–C–N with tert-alkyl or cyclic N) is 1. The first-order valence-electron chi connectivity index (χ1n) is 7.28. The Bertz CT molecular complexity index is 416. The van der Waals surface area contributed by atoms with Gasteiger partial charge in [-0.05, 0) is 25.8 Å². The molecule has 0 spiro atoms. The van der Waals surface area contributed by atoms with Crippen molar-refractivity contribution in [2.75, 3.05) is 19.6 Å². The van der Waals surface area contributed by atoms with Gasteiger partial charge in [0.1, 0.15) is 6.04 Å². The van der Waals surface area contributed by atoms with Crippen LogP contribution in [-0.4, -0.2) is 75.9 Å². The molecule has 3 fully saturated rings. The molecule has 3 N–H and O–H groups in total. The normalized spacial score (nSPS) is 37.1. The number of fused-ring (bicyclic) bond motifs is 1. The number of nitrogens with one attached hydrogen (secondary N) is 1. The summed E-state index contributed by atoms with van der Waals surface area (Å²) in [6.45, 7) is 2.20. The molecule has 7 heteroatoms. The third-order valence-corrected chi connectivity index (χ3v) is 4.74. The number of nitrogens with zero attached hydrogens (tertiary/aromatic N) is 2. The second kappa shape index (κ2) is 5.21. The van der Waals surface area contributed by atoms with Crippen molar-refractivity contribution in [3.05, 3.63) is 0 Å². The van der Waals surface area contributed by atoms with Gasteiger partial charge in [-0.2, -0.15) is 0 Å². The van der Waals surface area contributed by atoms with Crippen LogP contribution in [-0.2, 0) is 4.79 Å². The van der Waals surface area contributed by atoms with E-state index in [2.05, 4.69) is 10.2 Å². The van der Waals surface area contributed by atoms with Crippen LogP contribution in [0, 0.1) is 0 Å². The maximum absolute atomic E-state index is 12.3. The van der Waals surface area contributed by atoms with Gasteiger partial charge >= 0.3 is 12.0 Å². The van der Waals surface area contributed by atoms with Gasteiger partial charge in [-0.15, -0.1) is 0 Å². The van der Waals surface area contributed by atoms with E-state index >= 15 is 0 Å². The molecule has 20 heavy (non-hydrogen) atoms. The Balaban J connectivity index is 1.62. The van der Waals surface area contributed by atoms with Gasteiger partial charge in [0.05, 0.1) is 6.10 Å². The number of urea groups is 1. The lowest BCUT2D eigenvalue weighted by Gasteiger charge is -2.26. The first-order chi connectivity index (χ1) is 9.56. The Morgan fingerprint density at radius 2 is 2.00 bits per heavy atom. The van der Waals surface area contributed by atoms with Gasteiger partial charge in [-0.3, -0.25) is 4.90 Å². The van der Waals surface area contributed by atoms with Crippen molar-refractivity contribution in [3.8, 4) is 0 Å². The standard InChI is InChI=1S/C13H21N3O4/c17-8-6-11(12(18)19)16(7-8)13(20)14-9-3-5-15-4-1-2-10(9)15/h8-11,17H,1-7H2,(H,14,20)(H,18,19)/t8-,9?,10?,11-/m0/s1. The monoisotopic (exact) mass is 283 g/mol. The molecule has 2 unspecified atom stereocenters. The average molecular weight is 283 g/mol. The van der Waals surface area contributed by atoms with Crippen LogP contribution in [0.25, 0.3) is 0 Å². The zero-order chi connectivity index (χ0) is 14.3. The first-order valence-corrected chi connectivity index (χ1v) is 7.28. The van der Waals surface area contributed by atoms with E-state index in [1.807, 2.05) is 0 Å². The molecule has 0 aromatic heterocycles. The van der Waals surface area contributed by atoms with E-state index in [9.17, 15) is 14.7 Å². The van der Waals surface area contributed by atoms with Gasteiger partial charge in [0.25, 0.3) is 0 Å². The number of carboxylic acids is 1. The fourth-order valence-electron chi connectivity index (χ4n) is 3.76. The summed E-state index contributed by atoms with van der Waals surface area (Å²) in [5, 5.41) is 21.7. The molecule has 3 rings (SSSR count). The lowest BCUT2D eigenvalue weighted by atomic mass is 10.1. The lowest BCUT2D eigenvalue weighted by Crippen LogP contribution is -2.51. The highest BCUT2D eigenvalue weighted by atomic mass is 16.4. The van der Waals surface area contributed by atoms with Crippen molar-refractivity contribution in [1.29, 1.82) is 0 Å². The average Bonchev–Trinajstić information content (AvgIpc) is 3.05. The highest BCUT2D eigenvalue weighted by Crippen LogP contribution is 2.28. The number of amides is 2. The smallest absolute Gasteiger partial charge is 0.326 e. The van der Waals surface area contributed by atoms with Gasteiger partial charge in [-0.25, -0.2) is 9.59 Å². The molecule has 0 aromatic carbocycles. The van der Waals surface area contributed by atoms with E-state index in [0.717, 1.165) is 32.4 Å². The molecular formula is C13H21N3O4. The number of likely N-dealkylation sites (tertiary alicyclic amines) is 1. The van der Waals surface area contributed by atoms with E-state index in [-0.39, 0.29) is 25.0 Å². The van der Waals surface area contributed by atoms with Gasteiger partial charge in [0, 0.05) is 31.6 Å². The number of aliphatic hydroxyl groups excluding tert-OH is 1. The summed E-state index contributed by atoms with van der Waals surface area (Å²) < 4.78 is 0. The van der Waals surface area contributed by atoms with Crippen molar-refractivity contribution < 1.29 is 19.8 Å². The highest BCUT2D eigenvalue weighted by Gasteiger charge is 2.42. The maximum Gasteiger partial charge on any atom is 0.326 e. The molecular weight excluding hydrogens is 262 g/mol. The maximum atomic E-state index is 12.3. The first kappa shape index (κ1) is 13.6. The largest absolute Gasteiger partial charge is 0.480 e. The molecule has 3 aliphatic rings. The number of aliphatic hydroxyl groups is 1. The zero-order valence-electron chi connectivity index (χ0n) is 11.4. The molecule has 4 atom stereocenters. The van der Waals surface area contributed by atoms with Crippen LogP contribution in [0.5, 0.6) is 0 Å². The van der Waals surface area contributed by atoms with Crippen LogP contribution in [0.15, 0.2) is 0 Å². The number of aliphatic carboxylic acids is 1. The number of hydrogen-bond donors (Lipinski definition) is 3. The quantitative estimate of drug-likeness (QED) is 0.632. The highest BCUT2D eigenvalue weighted by molar-refractivity contribution is 5.83. The molecule has 0 aliphatic carbocycles. The summed E-state index contributed by atoms with van der Waals surface area (Å²) in [7, 11) is 0. The minimum Gasteiger partial charge on any atom is -0.480 e. The molecule has 0 saturated carbocycles. The van der Waals surface area contributed by atoms with Crippen molar-refractivity contribution in [3.63, 3.8) is 0 Å². The van der Waals surface area contributed by atoms with Gasteiger partial charge < -0.3 is 20.4 Å². The van der Waals surface area contributed by atoms with Crippen LogP contribution in [0.1, 0.15) is 25.7 Å². The fraction of sp³-hybridized carbons (Fsp3) is 0.846. The molecule has 2 amide bonds. The molecule has 3 saturated heterocycles. The molecule has 3 aliphatic heterocycles. The third-order valence-electron chi connectivity index (χ3n) is 4.74. The summed E-state index contributed by atoms with van der Waals surface area (Å²) in [5.74, 6) is -1.05. The van der Waals surface area contributed by atoms with E-state index in [1.165, 1.54) is 4.90 Å². The minimum absolute atomic E-state index is 0.101. The zero-order valence-corrected chi connectivity index (χ0v) is 11.4. The molecule has 112 valence electrons. The van der Waals surface area contributed by atoms with Crippen LogP contribution in [0.2, 0.25) is 0 Å². The Hall–Kier alpha value is -1.34. The molecule has 0 bridgehead atoms. The number of rotatable bonds is 2. The molecule has 7 nitrogen and oxygen atoms in total. The van der Waals surface area contributed by atoms with Crippen LogP contribution < -0.4 is 5.32 Å². The van der Waals surface area contributed by atoms with Crippen molar-refractivity contribution >= 4 is 12.0 Å². The van der Waals surface area contributed by atoms with Crippen molar-refractivity contribution in [2.24, 2.45) is 0 Å². The number of hydrogen-bond acceptors (Lipinski definition) is 4. The summed E-state index contributed by atoms with van der Waals surface area (Å²) in [6, 6.07) is -0.759. The summed E-state index contributed by atoms with van der Waals surface area (Å²) in [4.78, 5) is 27.1. The van der Waals surface area contributed by atoms with Gasteiger partial charge in [-0.1, -0.05) is 0 Å². The number of carbonyl (C=O) groups excluding carboxylic acids is 1. The van der Waals surface area contributed by atoms with E-state index < -0.39 is 18.1 Å².